The summed E-state index contributed by atoms with van der Waals surface area (Å²) < 4.78 is -0.867. The van der Waals surface area contributed by atoms with Crippen molar-refractivity contribution in [3.63, 3.8) is 0 Å². The van der Waals surface area contributed by atoms with Crippen LogP contribution in [-0.4, -0.2) is 45.1 Å². The van der Waals surface area contributed by atoms with Crippen LogP contribution < -0.4 is 5.11 Å². The van der Waals surface area contributed by atoms with E-state index in [1.807, 2.05) is 0 Å². The van der Waals surface area contributed by atoms with E-state index in [9.17, 15) is 24.6 Å². The monoisotopic (exact) mass is 243 g/mol. The number of carboxylic acids is 1. The first kappa shape index (κ1) is 13.6. The lowest BCUT2D eigenvalue weighted by molar-refractivity contribution is -0.940. The molecule has 1 rings (SSSR count). The molecule has 1 heterocycles. The van der Waals surface area contributed by atoms with Gasteiger partial charge in [-0.25, -0.2) is 4.79 Å². The molecule has 0 aliphatic carbocycles. The fourth-order valence-electron chi connectivity index (χ4n) is 2.77. The molecule has 2 atom stereocenters. The molecule has 1 N–H and O–H groups in total. The number of likely N-dealkylation sites (tertiary alicyclic amines) is 1. The lowest BCUT2D eigenvalue weighted by atomic mass is 9.90. The largest absolute Gasteiger partial charge is 0.498 e. The fourth-order valence-corrected chi connectivity index (χ4v) is 2.77. The van der Waals surface area contributed by atoms with Crippen molar-refractivity contribution in [3.05, 3.63) is 0 Å². The van der Waals surface area contributed by atoms with Crippen LogP contribution in [0.1, 0.15) is 34.1 Å². The summed E-state index contributed by atoms with van der Waals surface area (Å²) in [6.07, 6.45) is -1.80. The van der Waals surface area contributed by atoms with Crippen molar-refractivity contribution >= 4 is 17.8 Å². The van der Waals surface area contributed by atoms with E-state index in [2.05, 4.69) is 0 Å². The molecule has 1 saturated heterocycles. The Morgan fingerprint density at radius 2 is 1.88 bits per heavy atom. The molecule has 0 aromatic carbocycles. The second kappa shape index (κ2) is 3.53. The number of carboxylic acid groups (broad SMARTS) is 2. The first-order chi connectivity index (χ1) is 7.49. The SMILES string of the molecule is CC(C)(C)[N+]1(C(=O)[O-])CC(=O)C[C@]1(C)C(=O)O. The van der Waals surface area contributed by atoms with Gasteiger partial charge >= 0.3 is 5.97 Å². The summed E-state index contributed by atoms with van der Waals surface area (Å²) in [6.45, 7) is 5.75. The molecule has 6 heteroatoms. The van der Waals surface area contributed by atoms with Crippen LogP contribution in [0.3, 0.4) is 0 Å². The number of carbonyl (C=O) groups excluding carboxylic acids is 2. The van der Waals surface area contributed by atoms with Gasteiger partial charge in [-0.3, -0.25) is 9.28 Å². The van der Waals surface area contributed by atoms with Crippen LogP contribution >= 0.6 is 0 Å². The van der Waals surface area contributed by atoms with Crippen molar-refractivity contribution in [2.24, 2.45) is 0 Å². The number of hydrogen-bond donors (Lipinski definition) is 1. The highest BCUT2D eigenvalue weighted by Crippen LogP contribution is 2.42. The lowest BCUT2D eigenvalue weighted by Gasteiger charge is -2.51. The minimum atomic E-state index is -1.67. The third kappa shape index (κ3) is 1.55. The maximum Gasteiger partial charge on any atom is 0.366 e. The summed E-state index contributed by atoms with van der Waals surface area (Å²) in [5.41, 5.74) is -2.60. The van der Waals surface area contributed by atoms with Gasteiger partial charge < -0.3 is 15.0 Å². The molecule has 17 heavy (non-hydrogen) atoms. The number of hydrogen-bond acceptors (Lipinski definition) is 4. The van der Waals surface area contributed by atoms with Crippen LogP contribution in [0.15, 0.2) is 0 Å². The Balaban J connectivity index is 3.54. The highest BCUT2D eigenvalue weighted by molar-refractivity contribution is 5.93. The molecule has 1 aliphatic heterocycles. The molecule has 0 bridgehead atoms. The second-order valence-electron chi connectivity index (χ2n) is 5.70. The quantitative estimate of drug-likeness (QED) is 0.641. The first-order valence-electron chi connectivity index (χ1n) is 5.34. The van der Waals surface area contributed by atoms with Crippen molar-refractivity contribution in [2.75, 3.05) is 6.54 Å². The van der Waals surface area contributed by atoms with Gasteiger partial charge in [0.25, 0.3) is 6.09 Å². The number of Topliss-reactive ketones (excluding diaryl/α,β-unsaturated/α-hetero) is 1. The van der Waals surface area contributed by atoms with Crippen LogP contribution in [0.25, 0.3) is 0 Å². The highest BCUT2D eigenvalue weighted by Gasteiger charge is 2.66. The zero-order chi connectivity index (χ0) is 13.6. The number of aliphatic carboxylic acids is 1. The van der Waals surface area contributed by atoms with E-state index in [4.69, 9.17) is 0 Å². The van der Waals surface area contributed by atoms with E-state index in [-0.39, 0.29) is 18.7 Å². The fraction of sp³-hybridized carbons (Fsp3) is 0.727. The number of amides is 1. The molecule has 0 aromatic rings. The zero-order valence-electron chi connectivity index (χ0n) is 10.4. The van der Waals surface area contributed by atoms with Crippen molar-refractivity contribution < 1.29 is 29.1 Å². The Hall–Kier alpha value is -1.43. The molecular formula is C11H17NO5. The Bertz CT molecular complexity index is 397. The third-order valence-corrected chi connectivity index (χ3v) is 3.71. The number of carbonyl (C=O) groups is 3. The van der Waals surface area contributed by atoms with E-state index in [1.54, 1.807) is 20.8 Å². The van der Waals surface area contributed by atoms with Crippen LogP contribution in [-0.2, 0) is 9.59 Å². The maximum atomic E-state index is 11.6. The smallest absolute Gasteiger partial charge is 0.366 e. The topological polar surface area (TPSA) is 94.5 Å². The summed E-state index contributed by atoms with van der Waals surface area (Å²) in [7, 11) is 0. The molecule has 0 radical (unpaired) electrons. The minimum absolute atomic E-state index is 0.284. The Labute approximate surface area is 99.4 Å². The van der Waals surface area contributed by atoms with Gasteiger partial charge in [-0.15, -0.1) is 0 Å². The van der Waals surface area contributed by atoms with E-state index in [1.165, 1.54) is 6.92 Å². The average Bonchev–Trinajstić information content (AvgIpc) is 2.38. The number of rotatable bonds is 1. The normalized spacial score (nSPS) is 33.8. The van der Waals surface area contributed by atoms with Gasteiger partial charge in [0.15, 0.2) is 5.78 Å². The molecule has 1 fully saturated rings. The lowest BCUT2D eigenvalue weighted by Crippen LogP contribution is -2.76. The summed E-state index contributed by atoms with van der Waals surface area (Å²) >= 11 is 0. The second-order valence-corrected chi connectivity index (χ2v) is 5.70. The standard InChI is InChI=1S/C11H17NO5/c1-10(2,3)12(9(16)17)6-7(13)5-11(12,4)8(14)15/h5-6H2,1-4H3,(H-,14,15,16,17)/t11-,12?/m1/s1. The van der Waals surface area contributed by atoms with E-state index >= 15 is 0 Å². The van der Waals surface area contributed by atoms with E-state index < -0.39 is 27.6 Å². The molecule has 0 saturated carbocycles. The summed E-state index contributed by atoms with van der Waals surface area (Å²) in [5, 5.41) is 20.8. The predicted molar refractivity (Wildman–Crippen MR) is 55.9 cm³/mol. The van der Waals surface area contributed by atoms with Crippen molar-refractivity contribution in [3.8, 4) is 0 Å². The Morgan fingerprint density at radius 1 is 1.41 bits per heavy atom. The van der Waals surface area contributed by atoms with Gasteiger partial charge in [0.1, 0.15) is 6.54 Å². The highest BCUT2D eigenvalue weighted by atomic mass is 16.4. The van der Waals surface area contributed by atoms with Crippen LogP contribution in [0.4, 0.5) is 4.79 Å². The number of nitrogens with zero attached hydrogens (tertiary/aromatic N) is 1. The molecule has 6 nitrogen and oxygen atoms in total. The zero-order valence-corrected chi connectivity index (χ0v) is 10.4. The molecule has 1 aliphatic rings. The molecule has 1 unspecified atom stereocenters. The Kier molecular flexibility index (Phi) is 2.83. The van der Waals surface area contributed by atoms with Crippen LogP contribution in [0.2, 0.25) is 0 Å². The summed E-state index contributed by atoms with van der Waals surface area (Å²) in [4.78, 5) is 34.4. The first-order valence-corrected chi connectivity index (χ1v) is 5.34. The van der Waals surface area contributed by atoms with Crippen LogP contribution in [0, 0.1) is 0 Å². The van der Waals surface area contributed by atoms with Gasteiger partial charge in [-0.2, -0.15) is 0 Å². The third-order valence-electron chi connectivity index (χ3n) is 3.71. The number of ketones is 1. The Morgan fingerprint density at radius 3 is 2.12 bits per heavy atom. The van der Waals surface area contributed by atoms with Gasteiger partial charge in [0, 0.05) is 6.92 Å². The predicted octanol–water partition coefficient (Wildman–Crippen LogP) is -0.239. The van der Waals surface area contributed by atoms with E-state index in [0.29, 0.717) is 0 Å². The van der Waals surface area contributed by atoms with Crippen molar-refractivity contribution in [1.29, 1.82) is 0 Å². The molecular weight excluding hydrogens is 226 g/mol. The van der Waals surface area contributed by atoms with Gasteiger partial charge in [-0.05, 0) is 20.8 Å². The maximum absolute atomic E-state index is 11.6. The molecule has 96 valence electrons. The van der Waals surface area contributed by atoms with Gasteiger partial charge in [0.2, 0.25) is 5.54 Å². The summed E-state index contributed by atoms with van der Waals surface area (Å²) in [5.74, 6) is -1.66. The van der Waals surface area contributed by atoms with Gasteiger partial charge in [0.05, 0.1) is 12.0 Å². The van der Waals surface area contributed by atoms with E-state index in [0.717, 1.165) is 0 Å². The minimum Gasteiger partial charge on any atom is -0.498 e. The van der Waals surface area contributed by atoms with Crippen LogP contribution in [0.5, 0.6) is 0 Å². The van der Waals surface area contributed by atoms with Gasteiger partial charge in [-0.1, -0.05) is 0 Å². The molecule has 1 amide bonds. The van der Waals surface area contributed by atoms with Crippen molar-refractivity contribution in [2.45, 2.75) is 45.2 Å². The van der Waals surface area contributed by atoms with Crippen molar-refractivity contribution in [1.82, 2.24) is 0 Å². The summed E-state index contributed by atoms with van der Waals surface area (Å²) in [6, 6.07) is 0. The number of quaternary nitrogens is 1. The average molecular weight is 243 g/mol. The molecule has 0 aromatic heterocycles. The molecule has 0 spiro atoms.